The third kappa shape index (κ3) is 7.55. The fraction of sp³-hybridized carbons (Fsp3) is 0.556. The van der Waals surface area contributed by atoms with Crippen LogP contribution >= 0.6 is 0 Å². The van der Waals surface area contributed by atoms with Crippen LogP contribution in [0.1, 0.15) is 58.9 Å². The van der Waals surface area contributed by atoms with Crippen molar-refractivity contribution in [2.45, 2.75) is 58.1 Å². The van der Waals surface area contributed by atoms with E-state index in [0.717, 1.165) is 24.1 Å². The van der Waals surface area contributed by atoms with Crippen molar-refractivity contribution >= 4 is 22.7 Å². The lowest BCUT2D eigenvalue weighted by Gasteiger charge is -2.15. The number of nitrogens with zero attached hydrogens (tertiary/aromatic N) is 1. The van der Waals surface area contributed by atoms with Crippen molar-refractivity contribution in [3.8, 4) is 0 Å². The molecule has 0 spiro atoms. The molecule has 0 saturated carbocycles. The van der Waals surface area contributed by atoms with Gasteiger partial charge in [-0.25, -0.2) is 4.21 Å². The summed E-state index contributed by atoms with van der Waals surface area (Å²) in [5.41, 5.74) is 1.82. The number of hydrogen-bond acceptors (Lipinski definition) is 3. The van der Waals surface area contributed by atoms with Crippen molar-refractivity contribution < 1.29 is 13.7 Å². The molecule has 0 saturated heterocycles. The van der Waals surface area contributed by atoms with Crippen LogP contribution in [-0.4, -0.2) is 27.2 Å². The molecule has 0 bridgehead atoms. The summed E-state index contributed by atoms with van der Waals surface area (Å²) in [4.78, 5) is 11.4. The summed E-state index contributed by atoms with van der Waals surface area (Å²) in [5.74, 6) is -0.163. The number of carbonyl (C=O) groups is 1. The molecule has 0 amide bonds. The maximum Gasteiger partial charge on any atom is 0.305 e. The summed E-state index contributed by atoms with van der Waals surface area (Å²) in [6.07, 6.45) is 2.67. The highest BCUT2D eigenvalue weighted by Gasteiger charge is 2.20. The SMILES string of the molecule is CCOC(=O)CCCC/C(=N\[S@](=O)C(C)(C)C)c1ccccc1. The predicted octanol–water partition coefficient (Wildman–Crippen LogP) is 4.06. The average Bonchev–Trinajstić information content (AvgIpc) is 2.50. The Balaban J connectivity index is 2.72. The number of benzene rings is 1. The molecule has 1 aromatic carbocycles. The Bertz CT molecular complexity index is 547. The van der Waals surface area contributed by atoms with Crippen LogP contribution in [0.4, 0.5) is 0 Å². The number of hydrogen-bond donors (Lipinski definition) is 0. The van der Waals surface area contributed by atoms with E-state index in [1.54, 1.807) is 6.92 Å². The van der Waals surface area contributed by atoms with Crippen molar-refractivity contribution in [1.29, 1.82) is 0 Å². The molecule has 0 N–H and O–H groups in total. The maximum atomic E-state index is 12.3. The van der Waals surface area contributed by atoms with Crippen LogP contribution < -0.4 is 0 Å². The lowest BCUT2D eigenvalue weighted by atomic mass is 10.0. The minimum Gasteiger partial charge on any atom is -0.466 e. The summed E-state index contributed by atoms with van der Waals surface area (Å²) < 4.78 is 21.3. The number of esters is 1. The molecule has 0 fully saturated rings. The first kappa shape index (κ1) is 19.6. The average molecular weight is 337 g/mol. The zero-order valence-corrected chi connectivity index (χ0v) is 15.3. The molecule has 1 aromatic rings. The lowest BCUT2D eigenvalue weighted by molar-refractivity contribution is -0.143. The summed E-state index contributed by atoms with van der Waals surface area (Å²) in [5, 5.41) is 0. The fourth-order valence-corrected chi connectivity index (χ4v) is 2.58. The third-order valence-corrected chi connectivity index (χ3v) is 4.61. The second-order valence-electron chi connectivity index (χ2n) is 6.28. The fourth-order valence-electron chi connectivity index (χ4n) is 1.91. The molecular formula is C18H27NO3S. The number of carbonyl (C=O) groups excluding carboxylic acids is 1. The van der Waals surface area contributed by atoms with E-state index >= 15 is 0 Å². The highest BCUT2D eigenvalue weighted by Crippen LogP contribution is 2.17. The Hall–Kier alpha value is -1.49. The zero-order valence-electron chi connectivity index (χ0n) is 14.5. The summed E-state index contributed by atoms with van der Waals surface area (Å²) >= 11 is 0. The number of unbranched alkanes of at least 4 members (excludes halogenated alkanes) is 1. The quantitative estimate of drug-likeness (QED) is 0.408. The highest BCUT2D eigenvalue weighted by atomic mass is 32.2. The van der Waals surface area contributed by atoms with Crippen LogP contribution in [0.25, 0.3) is 0 Å². The van der Waals surface area contributed by atoms with Crippen LogP contribution in [0, 0.1) is 0 Å². The van der Waals surface area contributed by atoms with E-state index in [2.05, 4.69) is 4.40 Å². The first-order valence-electron chi connectivity index (χ1n) is 8.05. The lowest BCUT2D eigenvalue weighted by Crippen LogP contribution is -2.21. The third-order valence-electron chi connectivity index (χ3n) is 3.17. The van der Waals surface area contributed by atoms with Crippen molar-refractivity contribution in [2.24, 2.45) is 4.40 Å². The summed E-state index contributed by atoms with van der Waals surface area (Å²) in [6, 6.07) is 9.80. The monoisotopic (exact) mass is 337 g/mol. The minimum absolute atomic E-state index is 0.163. The molecule has 0 aliphatic rings. The van der Waals surface area contributed by atoms with Crippen molar-refractivity contribution in [2.75, 3.05) is 6.61 Å². The molecule has 23 heavy (non-hydrogen) atoms. The van der Waals surface area contributed by atoms with E-state index in [4.69, 9.17) is 4.74 Å². The van der Waals surface area contributed by atoms with Gasteiger partial charge in [0, 0.05) is 6.42 Å². The Morgan fingerprint density at radius 2 is 1.74 bits per heavy atom. The maximum absolute atomic E-state index is 12.3. The van der Waals surface area contributed by atoms with Crippen LogP contribution in [0.3, 0.4) is 0 Å². The molecule has 0 radical (unpaired) electrons. The number of ether oxygens (including phenoxy) is 1. The topological polar surface area (TPSA) is 55.7 Å². The van der Waals surface area contributed by atoms with Crippen LogP contribution in [0.5, 0.6) is 0 Å². The smallest absolute Gasteiger partial charge is 0.305 e. The minimum atomic E-state index is -1.29. The van der Waals surface area contributed by atoms with Gasteiger partial charge in [-0.05, 0) is 52.5 Å². The van der Waals surface area contributed by atoms with Gasteiger partial charge in [0.15, 0.2) is 0 Å². The Morgan fingerprint density at radius 1 is 1.13 bits per heavy atom. The first-order valence-corrected chi connectivity index (χ1v) is 9.16. The van der Waals surface area contributed by atoms with Gasteiger partial charge in [0.25, 0.3) is 0 Å². The highest BCUT2D eigenvalue weighted by molar-refractivity contribution is 7.85. The van der Waals surface area contributed by atoms with Gasteiger partial charge < -0.3 is 4.74 Å². The summed E-state index contributed by atoms with van der Waals surface area (Å²) in [6.45, 7) is 7.96. The Labute approximate surface area is 141 Å². The molecular weight excluding hydrogens is 310 g/mol. The van der Waals surface area contributed by atoms with Gasteiger partial charge in [0.05, 0.1) is 17.1 Å². The van der Waals surface area contributed by atoms with Gasteiger partial charge in [-0.15, -0.1) is 0 Å². The van der Waals surface area contributed by atoms with E-state index in [9.17, 15) is 9.00 Å². The van der Waals surface area contributed by atoms with Crippen molar-refractivity contribution in [3.63, 3.8) is 0 Å². The number of rotatable bonds is 8. The van der Waals surface area contributed by atoms with E-state index in [1.165, 1.54) is 0 Å². The molecule has 0 aliphatic carbocycles. The van der Waals surface area contributed by atoms with Gasteiger partial charge in [-0.3, -0.25) is 4.79 Å². The molecule has 4 nitrogen and oxygen atoms in total. The summed E-state index contributed by atoms with van der Waals surface area (Å²) in [7, 11) is -1.29. The van der Waals surface area contributed by atoms with E-state index in [1.807, 2.05) is 51.1 Å². The van der Waals surface area contributed by atoms with Gasteiger partial charge in [0.1, 0.15) is 11.0 Å². The second-order valence-corrected chi connectivity index (χ2v) is 8.18. The molecule has 0 unspecified atom stereocenters. The predicted molar refractivity (Wildman–Crippen MR) is 96.0 cm³/mol. The van der Waals surface area contributed by atoms with Gasteiger partial charge in [-0.1, -0.05) is 30.3 Å². The van der Waals surface area contributed by atoms with Gasteiger partial charge in [-0.2, -0.15) is 4.40 Å². The molecule has 128 valence electrons. The first-order chi connectivity index (χ1) is 10.8. The van der Waals surface area contributed by atoms with Crippen LogP contribution in [-0.2, 0) is 20.5 Å². The zero-order chi connectivity index (χ0) is 17.3. The van der Waals surface area contributed by atoms with Crippen molar-refractivity contribution in [3.05, 3.63) is 35.9 Å². The standard InChI is InChI=1S/C18H27NO3S/c1-5-22-17(20)14-10-9-13-16(15-11-7-6-8-12-15)19-23(21)18(2,3)4/h6-8,11-12H,5,9-10,13-14H2,1-4H3/b19-16+/t23-/m1/s1. The van der Waals surface area contributed by atoms with E-state index < -0.39 is 11.0 Å². The van der Waals surface area contributed by atoms with Gasteiger partial charge >= 0.3 is 5.97 Å². The van der Waals surface area contributed by atoms with Crippen molar-refractivity contribution in [1.82, 2.24) is 0 Å². The molecule has 0 aromatic heterocycles. The molecule has 5 heteroatoms. The second kappa shape index (κ2) is 9.60. The molecule has 0 aliphatic heterocycles. The van der Waals surface area contributed by atoms with Crippen LogP contribution in [0.2, 0.25) is 0 Å². The Kier molecular flexibility index (Phi) is 8.17. The molecule has 1 rings (SSSR count). The molecule has 1 atom stereocenters. The largest absolute Gasteiger partial charge is 0.466 e. The van der Waals surface area contributed by atoms with E-state index in [0.29, 0.717) is 19.4 Å². The van der Waals surface area contributed by atoms with Crippen LogP contribution in [0.15, 0.2) is 34.7 Å². The van der Waals surface area contributed by atoms with Gasteiger partial charge in [0.2, 0.25) is 0 Å². The Morgan fingerprint density at radius 3 is 2.30 bits per heavy atom. The van der Waals surface area contributed by atoms with E-state index in [-0.39, 0.29) is 10.7 Å². The molecule has 0 heterocycles. The normalized spacial score (nSPS) is 13.7.